The second-order valence-corrected chi connectivity index (χ2v) is 9.11. The predicted molar refractivity (Wildman–Crippen MR) is 95.2 cm³/mol. The molecule has 4 heteroatoms. The van der Waals surface area contributed by atoms with Crippen molar-refractivity contribution in [2.45, 2.75) is 51.0 Å². The molecule has 4 aliphatic carbocycles. The van der Waals surface area contributed by atoms with Gasteiger partial charge in [-0.25, -0.2) is 0 Å². The maximum Gasteiger partial charge on any atom is 0.279 e. The van der Waals surface area contributed by atoms with Gasteiger partial charge >= 0.3 is 0 Å². The predicted octanol–water partition coefficient (Wildman–Crippen LogP) is 3.23. The van der Waals surface area contributed by atoms with Crippen LogP contribution in [0.15, 0.2) is 22.7 Å². The second kappa shape index (κ2) is 5.89. The van der Waals surface area contributed by atoms with Crippen LogP contribution in [-0.4, -0.2) is 18.0 Å². The van der Waals surface area contributed by atoms with Gasteiger partial charge in [0.05, 0.1) is 5.54 Å². The van der Waals surface area contributed by atoms with Gasteiger partial charge in [-0.1, -0.05) is 15.9 Å². The van der Waals surface area contributed by atoms with Gasteiger partial charge in [0.2, 0.25) is 0 Å². The van der Waals surface area contributed by atoms with Crippen LogP contribution >= 0.6 is 15.9 Å². The van der Waals surface area contributed by atoms with Gasteiger partial charge in [-0.2, -0.15) is 0 Å². The minimum Gasteiger partial charge on any atom is -0.334 e. The van der Waals surface area contributed by atoms with Crippen LogP contribution in [0, 0.1) is 24.7 Å². The quantitative estimate of drug-likeness (QED) is 0.830. The van der Waals surface area contributed by atoms with E-state index in [-0.39, 0.29) is 5.91 Å². The number of aryl methyl sites for hydroxylation is 1. The van der Waals surface area contributed by atoms with Crippen molar-refractivity contribution in [2.24, 2.45) is 17.8 Å². The Balaban J connectivity index is 1.36. The average Bonchev–Trinajstić information content (AvgIpc) is 2.47. The molecule has 1 aromatic rings. The van der Waals surface area contributed by atoms with Crippen LogP contribution in [0.1, 0.15) is 44.1 Å². The van der Waals surface area contributed by atoms with Crippen molar-refractivity contribution in [3.05, 3.63) is 28.2 Å². The molecule has 5 rings (SSSR count). The zero-order chi connectivity index (χ0) is 16.0. The highest BCUT2D eigenvalue weighted by Crippen LogP contribution is 2.54. The van der Waals surface area contributed by atoms with Gasteiger partial charge in [-0.15, -0.1) is 0 Å². The van der Waals surface area contributed by atoms with E-state index >= 15 is 0 Å². The minimum atomic E-state index is 0.131. The number of benzene rings is 1. The summed E-state index contributed by atoms with van der Waals surface area (Å²) in [7, 11) is 0. The van der Waals surface area contributed by atoms with Crippen molar-refractivity contribution in [1.82, 2.24) is 0 Å². The summed E-state index contributed by atoms with van der Waals surface area (Å²) in [4.78, 5) is 12.4. The van der Waals surface area contributed by atoms with E-state index < -0.39 is 0 Å². The molecule has 0 aliphatic heterocycles. The third kappa shape index (κ3) is 3.20. The van der Waals surface area contributed by atoms with Gasteiger partial charge in [0, 0.05) is 29.4 Å². The van der Waals surface area contributed by atoms with Crippen molar-refractivity contribution in [2.75, 3.05) is 11.9 Å². The largest absolute Gasteiger partial charge is 0.334 e. The van der Waals surface area contributed by atoms with Crippen LogP contribution in [0.4, 0.5) is 5.69 Å². The number of carbonyl (C=O) groups is 1. The van der Waals surface area contributed by atoms with Crippen LogP contribution in [0.25, 0.3) is 0 Å². The molecule has 0 saturated heterocycles. The third-order valence-electron chi connectivity index (χ3n) is 6.27. The number of quaternary nitrogens is 1. The van der Waals surface area contributed by atoms with E-state index in [9.17, 15) is 4.79 Å². The fraction of sp³-hybridized carbons (Fsp3) is 0.632. The number of rotatable bonds is 4. The molecule has 4 aliphatic rings. The molecule has 0 aromatic heterocycles. The molecule has 4 saturated carbocycles. The number of hydrogen-bond acceptors (Lipinski definition) is 1. The number of nitrogens with two attached hydrogens (primary N) is 1. The summed E-state index contributed by atoms with van der Waals surface area (Å²) >= 11 is 3.46. The van der Waals surface area contributed by atoms with Gasteiger partial charge < -0.3 is 10.6 Å². The lowest BCUT2D eigenvalue weighted by atomic mass is 9.53. The number of halogens is 1. The Morgan fingerprint density at radius 1 is 1.22 bits per heavy atom. The first-order valence-corrected chi connectivity index (χ1v) is 9.71. The maximum atomic E-state index is 12.4. The summed E-state index contributed by atoms with van der Waals surface area (Å²) in [6.07, 6.45) is 8.38. The molecule has 1 aromatic carbocycles. The van der Waals surface area contributed by atoms with Crippen molar-refractivity contribution in [3.63, 3.8) is 0 Å². The van der Waals surface area contributed by atoms with Crippen LogP contribution < -0.4 is 10.6 Å². The Hall–Kier alpha value is -0.870. The summed E-state index contributed by atoms with van der Waals surface area (Å²) < 4.78 is 1.05. The average molecular weight is 378 g/mol. The number of hydrogen-bond donors (Lipinski definition) is 2. The number of anilines is 1. The Morgan fingerprint density at radius 2 is 1.83 bits per heavy atom. The van der Waals surface area contributed by atoms with Crippen LogP contribution in [0.2, 0.25) is 0 Å². The lowest BCUT2D eigenvalue weighted by Gasteiger charge is -2.54. The highest BCUT2D eigenvalue weighted by Gasteiger charge is 2.53. The molecule has 0 radical (unpaired) electrons. The van der Waals surface area contributed by atoms with Crippen LogP contribution in [-0.2, 0) is 4.79 Å². The van der Waals surface area contributed by atoms with Gasteiger partial charge in [-0.3, -0.25) is 4.79 Å². The van der Waals surface area contributed by atoms with E-state index in [0.717, 1.165) is 33.5 Å². The second-order valence-electron chi connectivity index (χ2n) is 8.20. The van der Waals surface area contributed by atoms with Gasteiger partial charge in [0.25, 0.3) is 5.91 Å². The SMILES string of the molecule is Cc1cc(Br)ccc1NC(=O)C[NH2+]C12CC3CC(CC(C3)C1)C2. The first kappa shape index (κ1) is 15.6. The highest BCUT2D eigenvalue weighted by molar-refractivity contribution is 9.10. The molecule has 3 N–H and O–H groups in total. The Labute approximate surface area is 146 Å². The number of nitrogens with one attached hydrogen (secondary N) is 1. The lowest BCUT2D eigenvalue weighted by molar-refractivity contribution is -0.729. The number of amides is 1. The monoisotopic (exact) mass is 377 g/mol. The van der Waals surface area contributed by atoms with Crippen LogP contribution in [0.5, 0.6) is 0 Å². The molecule has 0 unspecified atom stereocenters. The zero-order valence-electron chi connectivity index (χ0n) is 13.8. The summed E-state index contributed by atoms with van der Waals surface area (Å²) in [5, 5.41) is 5.45. The minimum absolute atomic E-state index is 0.131. The lowest BCUT2D eigenvalue weighted by Crippen LogP contribution is -3.00. The van der Waals surface area contributed by atoms with Gasteiger partial charge in [0.15, 0.2) is 6.54 Å². The molecule has 4 bridgehead atoms. The molecule has 0 heterocycles. The maximum absolute atomic E-state index is 12.4. The topological polar surface area (TPSA) is 45.7 Å². The molecule has 1 amide bonds. The standard InChI is InChI=1S/C19H25BrN2O/c1-12-4-16(20)2-3-17(12)22-18(23)11-21-19-8-13-5-14(9-19)7-15(6-13)10-19/h2-4,13-15,21H,5-11H2,1H3,(H,22,23)/p+1. The number of carbonyl (C=O) groups excluding carboxylic acids is 1. The summed E-state index contributed by atoms with van der Waals surface area (Å²) in [5.74, 6) is 2.95. The van der Waals surface area contributed by atoms with E-state index in [0.29, 0.717) is 12.1 Å². The summed E-state index contributed by atoms with van der Waals surface area (Å²) in [6.45, 7) is 2.59. The fourth-order valence-electron chi connectivity index (χ4n) is 5.71. The van der Waals surface area contributed by atoms with Gasteiger partial charge in [-0.05, 0) is 67.7 Å². The Bertz CT molecular complexity index is 593. The first-order valence-electron chi connectivity index (χ1n) is 8.92. The van der Waals surface area contributed by atoms with Crippen LogP contribution in [0.3, 0.4) is 0 Å². The van der Waals surface area contributed by atoms with E-state index in [1.54, 1.807) is 0 Å². The molecule has 23 heavy (non-hydrogen) atoms. The molecular weight excluding hydrogens is 352 g/mol. The van der Waals surface area contributed by atoms with E-state index in [1.807, 2.05) is 25.1 Å². The Kier molecular flexibility index (Phi) is 4.01. The summed E-state index contributed by atoms with van der Waals surface area (Å²) in [5.41, 5.74) is 2.40. The molecule has 124 valence electrons. The molecular formula is C19H26BrN2O+. The highest BCUT2D eigenvalue weighted by atomic mass is 79.9. The smallest absolute Gasteiger partial charge is 0.279 e. The first-order chi connectivity index (χ1) is 11.0. The molecule has 3 nitrogen and oxygen atoms in total. The van der Waals surface area contributed by atoms with Crippen molar-refractivity contribution in [3.8, 4) is 0 Å². The summed E-state index contributed by atoms with van der Waals surface area (Å²) in [6, 6.07) is 5.99. The normalized spacial score (nSPS) is 34.6. The van der Waals surface area contributed by atoms with Crippen molar-refractivity contribution in [1.29, 1.82) is 0 Å². The zero-order valence-corrected chi connectivity index (χ0v) is 15.4. The Morgan fingerprint density at radius 3 is 2.39 bits per heavy atom. The molecule has 0 spiro atoms. The molecule has 0 atom stereocenters. The van der Waals surface area contributed by atoms with E-state index in [2.05, 4.69) is 26.6 Å². The van der Waals surface area contributed by atoms with Crippen molar-refractivity contribution >= 4 is 27.5 Å². The third-order valence-corrected chi connectivity index (χ3v) is 6.76. The fourth-order valence-corrected chi connectivity index (χ4v) is 6.18. The van der Waals surface area contributed by atoms with Gasteiger partial charge in [0.1, 0.15) is 0 Å². The van der Waals surface area contributed by atoms with Crippen molar-refractivity contribution < 1.29 is 10.1 Å². The van der Waals surface area contributed by atoms with E-state index in [4.69, 9.17) is 0 Å². The molecule has 4 fully saturated rings. The van der Waals surface area contributed by atoms with E-state index in [1.165, 1.54) is 38.5 Å².